The number of rotatable bonds is 6. The summed E-state index contributed by atoms with van der Waals surface area (Å²) in [5, 5.41) is 3.56. The maximum Gasteiger partial charge on any atom is 0.193 e. The number of hydrogen-bond acceptors (Lipinski definition) is 3. The molecule has 29 heavy (non-hydrogen) atoms. The molecule has 2 aromatic rings. The summed E-state index contributed by atoms with van der Waals surface area (Å²) in [6.07, 6.45) is 4.47. The zero-order valence-electron chi connectivity index (χ0n) is 18.1. The lowest BCUT2D eigenvalue weighted by Crippen LogP contribution is -2.46. The number of guanidine groups is 1. The van der Waals surface area contributed by atoms with E-state index in [0.717, 1.165) is 29.6 Å². The molecular weight excluding hydrogens is 475 g/mol. The molecule has 0 amide bonds. The topological polar surface area (TPSA) is 59.6 Å². The summed E-state index contributed by atoms with van der Waals surface area (Å²) < 4.78 is 0. The van der Waals surface area contributed by atoms with Crippen LogP contribution in [0.2, 0.25) is 0 Å². The van der Waals surface area contributed by atoms with Gasteiger partial charge in [0.1, 0.15) is 5.82 Å². The molecule has 160 valence electrons. The van der Waals surface area contributed by atoms with Gasteiger partial charge in [0.15, 0.2) is 5.96 Å². The summed E-state index contributed by atoms with van der Waals surface area (Å²) in [7, 11) is 3.90. The minimum Gasteiger partial charge on any atom is -0.356 e. The minimum absolute atomic E-state index is 0. The number of imidazole rings is 1. The molecule has 1 saturated heterocycles. The second-order valence-corrected chi connectivity index (χ2v) is 7.99. The largest absolute Gasteiger partial charge is 0.356 e. The molecule has 1 unspecified atom stereocenters. The standard InChI is InChI=1S/C22H34N6.HI/c1-17(2)28-12-8-9-18(15-28)13-25-22(23-3)27(4)16-21-24-14-20(26-21)19-10-6-5-7-11-19;/h5-7,10-11,14,17-18H,8-9,12-13,15-16H2,1-4H3,(H,23,25)(H,24,26);1H. The second kappa shape index (κ2) is 11.5. The van der Waals surface area contributed by atoms with Gasteiger partial charge in [-0.1, -0.05) is 30.3 Å². The average molecular weight is 510 g/mol. The maximum atomic E-state index is 4.54. The summed E-state index contributed by atoms with van der Waals surface area (Å²) >= 11 is 0. The Labute approximate surface area is 192 Å². The molecule has 1 atom stereocenters. The Kier molecular flexibility index (Phi) is 9.42. The van der Waals surface area contributed by atoms with Gasteiger partial charge in [0, 0.05) is 33.2 Å². The van der Waals surface area contributed by atoms with E-state index in [0.29, 0.717) is 18.5 Å². The van der Waals surface area contributed by atoms with Crippen molar-refractivity contribution < 1.29 is 0 Å². The summed E-state index contributed by atoms with van der Waals surface area (Å²) in [4.78, 5) is 17.1. The predicted octanol–water partition coefficient (Wildman–Crippen LogP) is 3.82. The molecule has 3 rings (SSSR count). The molecule has 6 nitrogen and oxygen atoms in total. The molecule has 1 aromatic heterocycles. The number of hydrogen-bond donors (Lipinski definition) is 2. The Morgan fingerprint density at radius 2 is 2.10 bits per heavy atom. The first kappa shape index (κ1) is 23.7. The first-order chi connectivity index (χ1) is 13.6. The number of likely N-dealkylation sites (tertiary alicyclic amines) is 1. The van der Waals surface area contributed by atoms with E-state index >= 15 is 0 Å². The fraction of sp³-hybridized carbons (Fsp3) is 0.545. The van der Waals surface area contributed by atoms with Crippen LogP contribution in [0.4, 0.5) is 0 Å². The molecule has 0 bridgehead atoms. The van der Waals surface area contributed by atoms with Crippen LogP contribution in [-0.4, -0.2) is 65.5 Å². The highest BCUT2D eigenvalue weighted by Crippen LogP contribution is 2.18. The van der Waals surface area contributed by atoms with Crippen LogP contribution in [0.25, 0.3) is 11.3 Å². The number of aromatic amines is 1. The Bertz CT molecular complexity index is 758. The van der Waals surface area contributed by atoms with E-state index in [-0.39, 0.29) is 24.0 Å². The van der Waals surface area contributed by atoms with Crippen molar-refractivity contribution in [2.75, 3.05) is 33.7 Å². The number of nitrogens with one attached hydrogen (secondary N) is 2. The number of nitrogens with zero attached hydrogens (tertiary/aromatic N) is 4. The van der Waals surface area contributed by atoms with E-state index in [4.69, 9.17) is 0 Å². The highest BCUT2D eigenvalue weighted by Gasteiger charge is 2.22. The van der Waals surface area contributed by atoms with Crippen LogP contribution in [0.3, 0.4) is 0 Å². The van der Waals surface area contributed by atoms with Crippen LogP contribution in [-0.2, 0) is 6.54 Å². The van der Waals surface area contributed by atoms with Gasteiger partial charge in [-0.15, -0.1) is 24.0 Å². The number of H-pyrrole nitrogens is 1. The van der Waals surface area contributed by atoms with Gasteiger partial charge >= 0.3 is 0 Å². The van der Waals surface area contributed by atoms with Gasteiger partial charge in [-0.2, -0.15) is 0 Å². The number of piperidine rings is 1. The summed E-state index contributed by atoms with van der Waals surface area (Å²) in [6.45, 7) is 8.63. The second-order valence-electron chi connectivity index (χ2n) is 7.99. The van der Waals surface area contributed by atoms with Gasteiger partial charge in [-0.05, 0) is 44.7 Å². The Hall–Kier alpha value is -1.61. The van der Waals surface area contributed by atoms with Gasteiger partial charge < -0.3 is 20.1 Å². The van der Waals surface area contributed by atoms with Crippen molar-refractivity contribution in [1.29, 1.82) is 0 Å². The van der Waals surface area contributed by atoms with E-state index in [2.05, 4.69) is 63.1 Å². The SMILES string of the molecule is CN=C(NCC1CCCN(C(C)C)C1)N(C)Cc1ncc(-c2ccccc2)[nH]1.I. The minimum atomic E-state index is 0. The third kappa shape index (κ3) is 6.70. The lowest BCUT2D eigenvalue weighted by Gasteiger charge is -2.36. The molecule has 1 aromatic carbocycles. The smallest absolute Gasteiger partial charge is 0.193 e. The molecule has 0 spiro atoms. The van der Waals surface area contributed by atoms with Crippen LogP contribution in [0.15, 0.2) is 41.5 Å². The van der Waals surface area contributed by atoms with Gasteiger partial charge in [-0.3, -0.25) is 4.99 Å². The summed E-state index contributed by atoms with van der Waals surface area (Å²) in [5.74, 6) is 2.53. The van der Waals surface area contributed by atoms with Crippen LogP contribution in [0.5, 0.6) is 0 Å². The molecule has 7 heteroatoms. The molecule has 2 N–H and O–H groups in total. The van der Waals surface area contributed by atoms with Crippen molar-refractivity contribution in [1.82, 2.24) is 25.1 Å². The third-order valence-electron chi connectivity index (χ3n) is 5.50. The Balaban J connectivity index is 0.00000300. The van der Waals surface area contributed by atoms with Crippen LogP contribution in [0.1, 0.15) is 32.5 Å². The van der Waals surface area contributed by atoms with Crippen molar-refractivity contribution >= 4 is 29.9 Å². The van der Waals surface area contributed by atoms with Crippen molar-refractivity contribution in [3.63, 3.8) is 0 Å². The first-order valence-corrected chi connectivity index (χ1v) is 10.3. The van der Waals surface area contributed by atoms with E-state index in [1.165, 1.54) is 25.9 Å². The summed E-state index contributed by atoms with van der Waals surface area (Å²) in [6, 6.07) is 10.9. The zero-order valence-corrected chi connectivity index (χ0v) is 20.4. The highest BCUT2D eigenvalue weighted by atomic mass is 127. The van der Waals surface area contributed by atoms with Gasteiger partial charge in [0.05, 0.1) is 18.4 Å². The van der Waals surface area contributed by atoms with Gasteiger partial charge in [0.25, 0.3) is 0 Å². The van der Waals surface area contributed by atoms with Crippen molar-refractivity contribution in [2.45, 2.75) is 39.3 Å². The number of halogens is 1. The van der Waals surface area contributed by atoms with Crippen molar-refractivity contribution in [3.8, 4) is 11.3 Å². The molecule has 1 fully saturated rings. The first-order valence-electron chi connectivity index (χ1n) is 10.3. The number of aliphatic imine (C=N–C) groups is 1. The number of aromatic nitrogens is 2. The fourth-order valence-electron chi connectivity index (χ4n) is 3.86. The lowest BCUT2D eigenvalue weighted by atomic mass is 9.97. The third-order valence-corrected chi connectivity index (χ3v) is 5.50. The van der Waals surface area contributed by atoms with E-state index in [1.807, 2.05) is 31.4 Å². The Morgan fingerprint density at radius 1 is 1.34 bits per heavy atom. The maximum absolute atomic E-state index is 4.54. The monoisotopic (exact) mass is 510 g/mol. The number of benzene rings is 1. The molecule has 2 heterocycles. The lowest BCUT2D eigenvalue weighted by molar-refractivity contribution is 0.140. The quantitative estimate of drug-likeness (QED) is 0.353. The van der Waals surface area contributed by atoms with Crippen LogP contribution >= 0.6 is 24.0 Å². The van der Waals surface area contributed by atoms with E-state index in [1.54, 1.807) is 0 Å². The molecule has 1 aliphatic heterocycles. The zero-order chi connectivity index (χ0) is 19.9. The Morgan fingerprint density at radius 3 is 2.79 bits per heavy atom. The average Bonchev–Trinajstić information content (AvgIpc) is 3.18. The molecule has 1 aliphatic rings. The fourth-order valence-corrected chi connectivity index (χ4v) is 3.86. The van der Waals surface area contributed by atoms with Gasteiger partial charge in [0.2, 0.25) is 0 Å². The highest BCUT2D eigenvalue weighted by molar-refractivity contribution is 14.0. The predicted molar refractivity (Wildman–Crippen MR) is 132 cm³/mol. The van der Waals surface area contributed by atoms with E-state index in [9.17, 15) is 0 Å². The van der Waals surface area contributed by atoms with Crippen molar-refractivity contribution in [2.24, 2.45) is 10.9 Å². The molecule has 0 radical (unpaired) electrons. The van der Waals surface area contributed by atoms with Gasteiger partial charge in [-0.25, -0.2) is 4.98 Å². The van der Waals surface area contributed by atoms with E-state index < -0.39 is 0 Å². The van der Waals surface area contributed by atoms with Crippen LogP contribution < -0.4 is 5.32 Å². The van der Waals surface area contributed by atoms with Crippen LogP contribution in [0, 0.1) is 5.92 Å². The molecule has 0 saturated carbocycles. The molecule has 0 aliphatic carbocycles. The summed E-state index contributed by atoms with van der Waals surface area (Å²) in [5.41, 5.74) is 2.20. The molecular formula is C22H35IN6. The normalized spacial score (nSPS) is 17.8. The van der Waals surface area contributed by atoms with Crippen molar-refractivity contribution in [3.05, 3.63) is 42.4 Å².